The van der Waals surface area contributed by atoms with Crippen LogP contribution in [0.1, 0.15) is 11.3 Å². The van der Waals surface area contributed by atoms with Crippen molar-refractivity contribution >= 4 is 15.9 Å². The number of halogens is 1. The first kappa shape index (κ1) is 10.2. The molecule has 3 nitrogen and oxygen atoms in total. The van der Waals surface area contributed by atoms with Gasteiger partial charge in [-0.05, 0) is 31.2 Å². The summed E-state index contributed by atoms with van der Waals surface area (Å²) in [6.45, 7) is 2.02. The second-order valence-electron chi connectivity index (χ2n) is 3.32. The van der Waals surface area contributed by atoms with Crippen LogP contribution >= 0.6 is 15.9 Å². The SMILES string of the molecule is Cc1c(CBr)cnn1-c1ccc(O)cc1. The third-order valence-corrected chi connectivity index (χ3v) is 2.95. The van der Waals surface area contributed by atoms with Gasteiger partial charge in [-0.25, -0.2) is 4.68 Å². The van der Waals surface area contributed by atoms with Crippen molar-refractivity contribution in [3.63, 3.8) is 0 Å². The lowest BCUT2D eigenvalue weighted by molar-refractivity contribution is 0.475. The van der Waals surface area contributed by atoms with Gasteiger partial charge in [-0.1, -0.05) is 15.9 Å². The van der Waals surface area contributed by atoms with E-state index in [0.29, 0.717) is 0 Å². The molecule has 1 aromatic carbocycles. The van der Waals surface area contributed by atoms with Crippen LogP contribution in [0.15, 0.2) is 30.5 Å². The van der Waals surface area contributed by atoms with Crippen molar-refractivity contribution in [3.05, 3.63) is 41.7 Å². The fourth-order valence-corrected chi connectivity index (χ4v) is 1.98. The van der Waals surface area contributed by atoms with Gasteiger partial charge in [-0.15, -0.1) is 0 Å². The summed E-state index contributed by atoms with van der Waals surface area (Å²) in [6.07, 6.45) is 1.84. The minimum atomic E-state index is 0.268. The summed E-state index contributed by atoms with van der Waals surface area (Å²) in [4.78, 5) is 0. The Hall–Kier alpha value is -1.29. The van der Waals surface area contributed by atoms with E-state index >= 15 is 0 Å². The Labute approximate surface area is 96.5 Å². The highest BCUT2D eigenvalue weighted by Gasteiger charge is 2.06. The van der Waals surface area contributed by atoms with Crippen LogP contribution < -0.4 is 0 Å². The molecule has 0 atom stereocenters. The van der Waals surface area contributed by atoms with Crippen molar-refractivity contribution in [2.75, 3.05) is 0 Å². The highest BCUT2D eigenvalue weighted by Crippen LogP contribution is 2.18. The topological polar surface area (TPSA) is 38.0 Å². The largest absolute Gasteiger partial charge is 0.508 e. The van der Waals surface area contributed by atoms with E-state index in [1.165, 1.54) is 5.56 Å². The molecule has 0 saturated carbocycles. The molecule has 1 aromatic heterocycles. The summed E-state index contributed by atoms with van der Waals surface area (Å²) in [7, 11) is 0. The number of benzene rings is 1. The van der Waals surface area contributed by atoms with Crippen molar-refractivity contribution < 1.29 is 5.11 Å². The standard InChI is InChI=1S/C11H11BrN2O/c1-8-9(6-12)7-13-14(8)10-2-4-11(15)5-3-10/h2-5,7,15H,6H2,1H3. The van der Waals surface area contributed by atoms with Gasteiger partial charge in [0.25, 0.3) is 0 Å². The first-order chi connectivity index (χ1) is 7.22. The second-order valence-corrected chi connectivity index (χ2v) is 3.88. The lowest BCUT2D eigenvalue weighted by Gasteiger charge is -2.04. The van der Waals surface area contributed by atoms with Crippen LogP contribution in [0.4, 0.5) is 0 Å². The van der Waals surface area contributed by atoms with E-state index in [0.717, 1.165) is 16.7 Å². The summed E-state index contributed by atoms with van der Waals surface area (Å²) < 4.78 is 1.86. The van der Waals surface area contributed by atoms with Gasteiger partial charge in [-0.2, -0.15) is 5.10 Å². The first-order valence-electron chi connectivity index (χ1n) is 4.61. The molecule has 0 aliphatic heterocycles. The van der Waals surface area contributed by atoms with Crippen LogP contribution in [0.2, 0.25) is 0 Å². The summed E-state index contributed by atoms with van der Waals surface area (Å²) in [5.74, 6) is 0.268. The molecule has 0 aliphatic rings. The van der Waals surface area contributed by atoms with Gasteiger partial charge in [-0.3, -0.25) is 0 Å². The number of hydrogen-bond acceptors (Lipinski definition) is 2. The number of aromatic hydroxyl groups is 1. The molecule has 1 N–H and O–H groups in total. The molecule has 2 rings (SSSR count). The van der Waals surface area contributed by atoms with Crippen LogP contribution in [0, 0.1) is 6.92 Å². The maximum Gasteiger partial charge on any atom is 0.115 e. The zero-order chi connectivity index (χ0) is 10.8. The molecule has 0 bridgehead atoms. The van der Waals surface area contributed by atoms with E-state index in [9.17, 15) is 5.11 Å². The van der Waals surface area contributed by atoms with Crippen LogP contribution in [-0.2, 0) is 5.33 Å². The van der Waals surface area contributed by atoms with E-state index in [1.54, 1.807) is 12.1 Å². The van der Waals surface area contributed by atoms with E-state index in [4.69, 9.17) is 0 Å². The van der Waals surface area contributed by atoms with E-state index in [2.05, 4.69) is 21.0 Å². The third-order valence-electron chi connectivity index (χ3n) is 2.35. The monoisotopic (exact) mass is 266 g/mol. The number of phenols is 1. The second kappa shape index (κ2) is 4.06. The normalized spacial score (nSPS) is 10.5. The highest BCUT2D eigenvalue weighted by atomic mass is 79.9. The van der Waals surface area contributed by atoms with Crippen molar-refractivity contribution in [2.24, 2.45) is 0 Å². The molecule has 0 aliphatic carbocycles. The number of hydrogen-bond donors (Lipinski definition) is 1. The molecule has 2 aromatic rings. The Morgan fingerprint density at radius 2 is 2.00 bits per heavy atom. The maximum absolute atomic E-state index is 9.19. The molecule has 0 fully saturated rings. The van der Waals surface area contributed by atoms with Crippen molar-refractivity contribution in [1.29, 1.82) is 0 Å². The zero-order valence-electron chi connectivity index (χ0n) is 8.31. The van der Waals surface area contributed by atoms with Crippen LogP contribution in [0.25, 0.3) is 5.69 Å². The van der Waals surface area contributed by atoms with Gasteiger partial charge >= 0.3 is 0 Å². The zero-order valence-corrected chi connectivity index (χ0v) is 9.90. The number of alkyl halides is 1. The van der Waals surface area contributed by atoms with Crippen LogP contribution in [0.5, 0.6) is 5.75 Å². The Morgan fingerprint density at radius 3 is 2.53 bits per heavy atom. The number of rotatable bonds is 2. The van der Waals surface area contributed by atoms with Crippen molar-refractivity contribution in [2.45, 2.75) is 12.3 Å². The highest BCUT2D eigenvalue weighted by molar-refractivity contribution is 9.08. The Kier molecular flexibility index (Phi) is 2.77. The lowest BCUT2D eigenvalue weighted by atomic mass is 10.2. The average molecular weight is 267 g/mol. The first-order valence-corrected chi connectivity index (χ1v) is 5.73. The molecule has 0 amide bonds. The Bertz CT molecular complexity index is 462. The molecule has 4 heteroatoms. The number of aromatic nitrogens is 2. The minimum absolute atomic E-state index is 0.268. The summed E-state index contributed by atoms with van der Waals surface area (Å²) in [5, 5.41) is 14.3. The van der Waals surface area contributed by atoms with Gasteiger partial charge < -0.3 is 5.11 Å². The molecule has 0 saturated heterocycles. The fraction of sp³-hybridized carbons (Fsp3) is 0.182. The molecule has 78 valence electrons. The predicted octanol–water partition coefficient (Wildman–Crippen LogP) is 2.78. The molecular formula is C11H11BrN2O. The predicted molar refractivity (Wildman–Crippen MR) is 62.6 cm³/mol. The summed E-state index contributed by atoms with van der Waals surface area (Å²) in [6, 6.07) is 7.00. The van der Waals surface area contributed by atoms with Gasteiger partial charge in [0.1, 0.15) is 5.75 Å². The minimum Gasteiger partial charge on any atom is -0.508 e. The fourth-order valence-electron chi connectivity index (χ4n) is 1.43. The molecule has 0 radical (unpaired) electrons. The lowest BCUT2D eigenvalue weighted by Crippen LogP contribution is -1.98. The maximum atomic E-state index is 9.19. The average Bonchev–Trinajstić information content (AvgIpc) is 2.61. The quantitative estimate of drug-likeness (QED) is 0.849. The van der Waals surface area contributed by atoms with Gasteiger partial charge in [0.05, 0.1) is 11.9 Å². The Morgan fingerprint density at radius 1 is 1.33 bits per heavy atom. The third kappa shape index (κ3) is 1.90. The van der Waals surface area contributed by atoms with Gasteiger partial charge in [0.2, 0.25) is 0 Å². The summed E-state index contributed by atoms with van der Waals surface area (Å²) >= 11 is 3.41. The molecule has 15 heavy (non-hydrogen) atoms. The number of nitrogens with zero attached hydrogens (tertiary/aromatic N) is 2. The molecule has 0 unspecified atom stereocenters. The number of phenolic OH excluding ortho intramolecular Hbond substituents is 1. The van der Waals surface area contributed by atoms with E-state index < -0.39 is 0 Å². The van der Waals surface area contributed by atoms with E-state index in [1.807, 2.05) is 29.9 Å². The van der Waals surface area contributed by atoms with Crippen LogP contribution in [-0.4, -0.2) is 14.9 Å². The summed E-state index contributed by atoms with van der Waals surface area (Å²) in [5.41, 5.74) is 3.23. The van der Waals surface area contributed by atoms with Gasteiger partial charge in [0, 0.05) is 16.6 Å². The molecular weight excluding hydrogens is 256 g/mol. The van der Waals surface area contributed by atoms with Gasteiger partial charge in [0.15, 0.2) is 0 Å². The van der Waals surface area contributed by atoms with Crippen molar-refractivity contribution in [3.8, 4) is 11.4 Å². The molecule has 1 heterocycles. The smallest absolute Gasteiger partial charge is 0.115 e. The molecule has 0 spiro atoms. The Balaban J connectivity index is 2.45. The van der Waals surface area contributed by atoms with Crippen molar-refractivity contribution in [1.82, 2.24) is 9.78 Å². The van der Waals surface area contributed by atoms with E-state index in [-0.39, 0.29) is 5.75 Å². The van der Waals surface area contributed by atoms with Crippen LogP contribution in [0.3, 0.4) is 0 Å².